The molecule has 118 valence electrons. The highest BCUT2D eigenvalue weighted by molar-refractivity contribution is 5.32. The predicted octanol–water partition coefficient (Wildman–Crippen LogP) is 5.69. The van der Waals surface area contributed by atoms with E-state index >= 15 is 0 Å². The maximum Gasteiger partial charge on any atom is 0.0625 e. The Morgan fingerprint density at radius 3 is 2.24 bits per heavy atom. The Hall–Kier alpha value is -1.26. The smallest absolute Gasteiger partial charge is 0.0625 e. The van der Waals surface area contributed by atoms with Crippen molar-refractivity contribution in [1.82, 2.24) is 0 Å². The topological polar surface area (TPSA) is 9.23 Å². The molecule has 1 atom stereocenters. The van der Waals surface area contributed by atoms with Gasteiger partial charge < -0.3 is 4.74 Å². The van der Waals surface area contributed by atoms with E-state index in [2.05, 4.69) is 32.6 Å². The molecule has 0 saturated heterocycles. The summed E-state index contributed by atoms with van der Waals surface area (Å²) in [4.78, 5) is 0. The van der Waals surface area contributed by atoms with Crippen LogP contribution in [-0.4, -0.2) is 12.7 Å². The summed E-state index contributed by atoms with van der Waals surface area (Å²) in [6.07, 6.45) is 4.47. The molecule has 0 aromatic heterocycles. The minimum absolute atomic E-state index is 0.440. The third-order valence-electron chi connectivity index (χ3n) is 3.57. The number of rotatable bonds is 2. The molecule has 0 N–H and O–H groups in total. The zero-order valence-corrected chi connectivity index (χ0v) is 14.7. The molecule has 0 aliphatic heterocycles. The molecule has 1 heteroatoms. The van der Waals surface area contributed by atoms with Crippen molar-refractivity contribution in [2.75, 3.05) is 6.61 Å². The summed E-state index contributed by atoms with van der Waals surface area (Å²) in [7, 11) is 0. The Bertz CT molecular complexity index is 408. The van der Waals surface area contributed by atoms with Gasteiger partial charge in [-0.05, 0) is 44.2 Å². The van der Waals surface area contributed by atoms with Gasteiger partial charge in [-0.1, -0.05) is 58.2 Å². The van der Waals surface area contributed by atoms with Gasteiger partial charge in [0.2, 0.25) is 0 Å². The van der Waals surface area contributed by atoms with Crippen molar-refractivity contribution in [3.63, 3.8) is 0 Å². The van der Waals surface area contributed by atoms with E-state index in [0.717, 1.165) is 12.2 Å². The van der Waals surface area contributed by atoms with Crippen LogP contribution in [0.4, 0.5) is 0 Å². The van der Waals surface area contributed by atoms with Crippen LogP contribution in [0.2, 0.25) is 0 Å². The van der Waals surface area contributed by atoms with E-state index in [0.29, 0.717) is 11.5 Å². The van der Waals surface area contributed by atoms with Gasteiger partial charge in [0, 0.05) is 12.2 Å². The lowest BCUT2D eigenvalue weighted by Gasteiger charge is -2.26. The van der Waals surface area contributed by atoms with E-state index in [1.807, 2.05) is 51.1 Å². The van der Waals surface area contributed by atoms with Crippen LogP contribution in [0.5, 0.6) is 0 Å². The maximum atomic E-state index is 5.62. The first-order valence-corrected chi connectivity index (χ1v) is 8.19. The van der Waals surface area contributed by atoms with E-state index in [-0.39, 0.29) is 0 Å². The highest BCUT2D eigenvalue weighted by Gasteiger charge is 2.34. The molecule has 1 aliphatic rings. The van der Waals surface area contributed by atoms with Crippen LogP contribution in [0.15, 0.2) is 30.3 Å². The largest absolute Gasteiger partial charge is 0.378 e. The molecule has 1 saturated carbocycles. The van der Waals surface area contributed by atoms with Gasteiger partial charge in [-0.15, -0.1) is 5.92 Å². The maximum absolute atomic E-state index is 5.62. The first-order valence-electron chi connectivity index (χ1n) is 8.19. The normalized spacial score (nSPS) is 18.3. The molecule has 1 nitrogen and oxygen atoms in total. The van der Waals surface area contributed by atoms with E-state index in [4.69, 9.17) is 4.74 Å². The molecule has 0 heterocycles. The van der Waals surface area contributed by atoms with Crippen LogP contribution in [0.1, 0.15) is 66.4 Å². The third-order valence-corrected chi connectivity index (χ3v) is 3.57. The standard InChI is InChI=1S/C9H18O.C9H8.C2H6/c1-4-10-8-6-5-7-9(8,2)3;1-2-6-9-7-4-3-5-8-9;1-2/h8H,4-7H2,1-3H3;3-5,7-8H,1H3;1-2H3. The van der Waals surface area contributed by atoms with Crippen LogP contribution in [-0.2, 0) is 4.74 Å². The molecular weight excluding hydrogens is 256 g/mol. The van der Waals surface area contributed by atoms with Gasteiger partial charge in [0.25, 0.3) is 0 Å². The molecule has 1 aromatic rings. The number of hydrogen-bond acceptors (Lipinski definition) is 1. The van der Waals surface area contributed by atoms with Gasteiger partial charge in [-0.3, -0.25) is 0 Å². The van der Waals surface area contributed by atoms with Gasteiger partial charge >= 0.3 is 0 Å². The quantitative estimate of drug-likeness (QED) is 0.636. The molecule has 1 unspecified atom stereocenters. The molecule has 0 bridgehead atoms. The minimum Gasteiger partial charge on any atom is -0.378 e. The summed E-state index contributed by atoms with van der Waals surface area (Å²) >= 11 is 0. The van der Waals surface area contributed by atoms with Crippen molar-refractivity contribution in [3.05, 3.63) is 35.9 Å². The second-order valence-electron chi connectivity index (χ2n) is 5.57. The average Bonchev–Trinajstić information content (AvgIpc) is 2.83. The Morgan fingerprint density at radius 2 is 1.81 bits per heavy atom. The summed E-state index contributed by atoms with van der Waals surface area (Å²) in [5, 5.41) is 0. The molecule has 21 heavy (non-hydrogen) atoms. The number of benzene rings is 1. The second-order valence-corrected chi connectivity index (χ2v) is 5.57. The molecular formula is C20H32O. The van der Waals surface area contributed by atoms with E-state index < -0.39 is 0 Å². The summed E-state index contributed by atoms with van der Waals surface area (Å²) in [5.74, 6) is 5.79. The van der Waals surface area contributed by atoms with E-state index in [9.17, 15) is 0 Å². The predicted molar refractivity (Wildman–Crippen MR) is 93.4 cm³/mol. The van der Waals surface area contributed by atoms with Crippen LogP contribution in [0.3, 0.4) is 0 Å². The van der Waals surface area contributed by atoms with Crippen molar-refractivity contribution in [2.45, 2.75) is 66.9 Å². The second kappa shape index (κ2) is 11.4. The molecule has 1 aromatic carbocycles. The molecule has 2 rings (SSSR count). The molecule has 1 aliphatic carbocycles. The Labute approximate surface area is 132 Å². The minimum atomic E-state index is 0.440. The first kappa shape index (κ1) is 19.7. The fourth-order valence-corrected chi connectivity index (χ4v) is 2.47. The summed E-state index contributed by atoms with van der Waals surface area (Å²) in [6.45, 7) is 13.4. The average molecular weight is 288 g/mol. The van der Waals surface area contributed by atoms with Gasteiger partial charge in [0.1, 0.15) is 0 Å². The lowest BCUT2D eigenvalue weighted by molar-refractivity contribution is 0.00150. The van der Waals surface area contributed by atoms with Crippen LogP contribution in [0.25, 0.3) is 0 Å². The van der Waals surface area contributed by atoms with E-state index in [1.54, 1.807) is 0 Å². The Balaban J connectivity index is 0.000000342. The van der Waals surface area contributed by atoms with Gasteiger partial charge in [0.05, 0.1) is 6.10 Å². The number of hydrogen-bond donors (Lipinski definition) is 0. The van der Waals surface area contributed by atoms with E-state index in [1.165, 1.54) is 19.3 Å². The van der Waals surface area contributed by atoms with Crippen molar-refractivity contribution in [1.29, 1.82) is 0 Å². The summed E-state index contributed by atoms with van der Waals surface area (Å²) in [5.41, 5.74) is 1.52. The van der Waals surface area contributed by atoms with Crippen molar-refractivity contribution in [3.8, 4) is 11.8 Å². The Morgan fingerprint density at radius 1 is 1.19 bits per heavy atom. The first-order chi connectivity index (χ1) is 10.1. The van der Waals surface area contributed by atoms with Gasteiger partial charge in [-0.25, -0.2) is 0 Å². The zero-order chi connectivity index (χ0) is 16.1. The molecule has 0 radical (unpaired) electrons. The van der Waals surface area contributed by atoms with Crippen molar-refractivity contribution >= 4 is 0 Å². The van der Waals surface area contributed by atoms with Crippen molar-refractivity contribution < 1.29 is 4.74 Å². The molecule has 0 spiro atoms. The van der Waals surface area contributed by atoms with Gasteiger partial charge in [0.15, 0.2) is 0 Å². The van der Waals surface area contributed by atoms with Gasteiger partial charge in [-0.2, -0.15) is 0 Å². The Kier molecular flexibility index (Phi) is 10.7. The van der Waals surface area contributed by atoms with Crippen LogP contribution < -0.4 is 0 Å². The summed E-state index contributed by atoms with van der Waals surface area (Å²) in [6, 6.07) is 9.95. The highest BCUT2D eigenvalue weighted by atomic mass is 16.5. The highest BCUT2D eigenvalue weighted by Crippen LogP contribution is 2.39. The van der Waals surface area contributed by atoms with Crippen molar-refractivity contribution in [2.24, 2.45) is 5.41 Å². The zero-order valence-electron chi connectivity index (χ0n) is 14.7. The fraction of sp³-hybridized carbons (Fsp3) is 0.600. The third kappa shape index (κ3) is 7.93. The van der Waals surface area contributed by atoms with Crippen LogP contribution >= 0.6 is 0 Å². The lowest BCUT2D eigenvalue weighted by atomic mass is 9.89. The molecule has 1 fully saturated rings. The lowest BCUT2D eigenvalue weighted by Crippen LogP contribution is -2.25. The summed E-state index contributed by atoms with van der Waals surface area (Å²) < 4.78 is 5.62. The fourth-order valence-electron chi connectivity index (χ4n) is 2.47. The SMILES string of the molecule is CC.CC#Cc1ccccc1.CCOC1CCCC1(C)C. The monoisotopic (exact) mass is 288 g/mol. The van der Waals surface area contributed by atoms with Crippen LogP contribution in [0, 0.1) is 17.3 Å². The molecule has 0 amide bonds. The number of ether oxygens (including phenoxy) is 1.